The van der Waals surface area contributed by atoms with Gasteiger partial charge in [0.05, 0.1) is 18.8 Å². The van der Waals surface area contributed by atoms with Crippen molar-refractivity contribution in [2.24, 2.45) is 0 Å². The summed E-state index contributed by atoms with van der Waals surface area (Å²) >= 11 is 0. The van der Waals surface area contributed by atoms with Crippen molar-refractivity contribution in [1.29, 1.82) is 0 Å². The van der Waals surface area contributed by atoms with Crippen molar-refractivity contribution >= 4 is 5.91 Å². The second kappa shape index (κ2) is 12.9. The highest BCUT2D eigenvalue weighted by Crippen LogP contribution is 2.23. The number of carbonyl (C=O) groups is 1. The number of aliphatic hydroxyl groups excluding tert-OH is 1. The number of rotatable bonds is 12. The third-order valence-corrected chi connectivity index (χ3v) is 5.98. The smallest absolute Gasteiger partial charge is 0.220 e. The minimum Gasteiger partial charge on any atom is -0.508 e. The minimum absolute atomic E-state index is 0.0265. The fourth-order valence-electron chi connectivity index (χ4n) is 3.91. The first-order chi connectivity index (χ1) is 16.4. The van der Waals surface area contributed by atoms with E-state index in [0.29, 0.717) is 24.9 Å². The molecule has 0 aliphatic heterocycles. The Kier molecular flexibility index (Phi) is 9.62. The molecule has 1 heterocycles. The molecule has 0 aliphatic rings. The number of aliphatic hydroxyl groups is 1. The van der Waals surface area contributed by atoms with Gasteiger partial charge >= 0.3 is 0 Å². The standard InChI is InChI=1S/C28H35N3O3/c1-20(24-10-11-27(33)25(16-24)19-32)17-30-21(2)14-23-7-5-6-22(15-23)9-12-28(34)31-18-26-8-3-4-13-29-26/h3-8,10-11,13,15-16,20-21,30,32-33H,9,12,14,17-19H2,1-2H3,(H,31,34)/t20-,21+/m0/s1. The molecule has 1 aromatic heterocycles. The summed E-state index contributed by atoms with van der Waals surface area (Å²) in [5.74, 6) is 0.410. The molecule has 34 heavy (non-hydrogen) atoms. The molecule has 6 heteroatoms. The fraction of sp³-hybridized carbons (Fsp3) is 0.357. The summed E-state index contributed by atoms with van der Waals surface area (Å²) < 4.78 is 0. The molecule has 2 aromatic carbocycles. The maximum atomic E-state index is 12.2. The van der Waals surface area contributed by atoms with Crippen LogP contribution in [0, 0.1) is 0 Å². The van der Waals surface area contributed by atoms with E-state index in [4.69, 9.17) is 0 Å². The summed E-state index contributed by atoms with van der Waals surface area (Å²) in [6.07, 6.45) is 3.77. The van der Waals surface area contributed by atoms with Gasteiger partial charge in [-0.2, -0.15) is 0 Å². The first kappa shape index (κ1) is 25.4. The summed E-state index contributed by atoms with van der Waals surface area (Å²) in [5.41, 5.74) is 4.90. The number of nitrogens with zero attached hydrogens (tertiary/aromatic N) is 1. The van der Waals surface area contributed by atoms with E-state index < -0.39 is 0 Å². The van der Waals surface area contributed by atoms with Crippen LogP contribution >= 0.6 is 0 Å². The van der Waals surface area contributed by atoms with E-state index in [2.05, 4.69) is 53.7 Å². The van der Waals surface area contributed by atoms with Gasteiger partial charge in [0.15, 0.2) is 0 Å². The van der Waals surface area contributed by atoms with Gasteiger partial charge in [0, 0.05) is 30.8 Å². The molecule has 0 aliphatic carbocycles. The van der Waals surface area contributed by atoms with Gasteiger partial charge in [-0.05, 0) is 66.6 Å². The van der Waals surface area contributed by atoms with Gasteiger partial charge < -0.3 is 20.8 Å². The van der Waals surface area contributed by atoms with Gasteiger partial charge in [-0.15, -0.1) is 0 Å². The van der Waals surface area contributed by atoms with Crippen LogP contribution in [0.1, 0.15) is 54.1 Å². The number of hydrogen-bond acceptors (Lipinski definition) is 5. The molecule has 3 aromatic rings. The lowest BCUT2D eigenvalue weighted by molar-refractivity contribution is -0.121. The number of hydrogen-bond donors (Lipinski definition) is 4. The summed E-state index contributed by atoms with van der Waals surface area (Å²) in [6, 6.07) is 19.8. The van der Waals surface area contributed by atoms with E-state index in [1.54, 1.807) is 12.3 Å². The van der Waals surface area contributed by atoms with Crippen LogP contribution in [0.2, 0.25) is 0 Å². The summed E-state index contributed by atoms with van der Waals surface area (Å²) in [5, 5.41) is 25.7. The average molecular weight is 462 g/mol. The third kappa shape index (κ3) is 7.97. The van der Waals surface area contributed by atoms with E-state index in [-0.39, 0.29) is 30.2 Å². The van der Waals surface area contributed by atoms with Gasteiger partial charge in [0.25, 0.3) is 0 Å². The Morgan fingerprint density at radius 1 is 1.03 bits per heavy atom. The highest BCUT2D eigenvalue weighted by molar-refractivity contribution is 5.76. The third-order valence-electron chi connectivity index (χ3n) is 5.98. The van der Waals surface area contributed by atoms with Gasteiger partial charge in [0.1, 0.15) is 5.75 Å². The Labute approximate surface area is 202 Å². The van der Waals surface area contributed by atoms with Crippen molar-refractivity contribution < 1.29 is 15.0 Å². The van der Waals surface area contributed by atoms with Crippen LogP contribution in [-0.4, -0.2) is 33.7 Å². The lowest BCUT2D eigenvalue weighted by Gasteiger charge is -2.19. The first-order valence-electron chi connectivity index (χ1n) is 11.8. The molecule has 0 unspecified atom stereocenters. The monoisotopic (exact) mass is 461 g/mol. The molecule has 0 spiro atoms. The molecule has 0 saturated carbocycles. The van der Waals surface area contributed by atoms with Crippen LogP contribution in [0.25, 0.3) is 0 Å². The predicted octanol–water partition coefficient (Wildman–Crippen LogP) is 3.85. The molecule has 0 fully saturated rings. The van der Waals surface area contributed by atoms with Crippen LogP contribution in [-0.2, 0) is 30.8 Å². The van der Waals surface area contributed by atoms with E-state index in [1.165, 1.54) is 5.56 Å². The van der Waals surface area contributed by atoms with E-state index in [1.807, 2.05) is 30.3 Å². The molecule has 3 rings (SSSR count). The summed E-state index contributed by atoms with van der Waals surface area (Å²) in [6.45, 7) is 5.38. The van der Waals surface area contributed by atoms with Crippen LogP contribution < -0.4 is 10.6 Å². The fourth-order valence-corrected chi connectivity index (χ4v) is 3.91. The molecular formula is C28H35N3O3. The number of aromatic nitrogens is 1. The Hall–Kier alpha value is -3.22. The molecule has 1 amide bonds. The second-order valence-electron chi connectivity index (χ2n) is 8.88. The van der Waals surface area contributed by atoms with Crippen molar-refractivity contribution in [3.63, 3.8) is 0 Å². The van der Waals surface area contributed by atoms with Crippen molar-refractivity contribution in [3.8, 4) is 5.75 Å². The zero-order valence-corrected chi connectivity index (χ0v) is 20.0. The van der Waals surface area contributed by atoms with E-state index in [0.717, 1.165) is 29.8 Å². The maximum absolute atomic E-state index is 12.2. The normalized spacial score (nSPS) is 12.8. The highest BCUT2D eigenvalue weighted by Gasteiger charge is 2.11. The van der Waals surface area contributed by atoms with Gasteiger partial charge in [-0.25, -0.2) is 0 Å². The molecule has 6 nitrogen and oxygen atoms in total. The van der Waals surface area contributed by atoms with Gasteiger partial charge in [0.2, 0.25) is 5.91 Å². The van der Waals surface area contributed by atoms with Crippen LogP contribution in [0.4, 0.5) is 0 Å². The SMILES string of the molecule is C[C@H](Cc1cccc(CCC(=O)NCc2ccccn2)c1)NC[C@H](C)c1ccc(O)c(CO)c1. The number of pyridine rings is 1. The summed E-state index contributed by atoms with van der Waals surface area (Å²) in [7, 11) is 0. The van der Waals surface area contributed by atoms with Crippen LogP contribution in [0.3, 0.4) is 0 Å². The first-order valence-corrected chi connectivity index (χ1v) is 11.8. The number of aromatic hydroxyl groups is 1. The minimum atomic E-state index is -0.168. The predicted molar refractivity (Wildman–Crippen MR) is 134 cm³/mol. The molecule has 4 N–H and O–H groups in total. The van der Waals surface area contributed by atoms with E-state index >= 15 is 0 Å². The van der Waals surface area contributed by atoms with Crippen molar-refractivity contribution in [2.45, 2.75) is 58.2 Å². The number of phenols is 1. The Bertz CT molecular complexity index is 1060. The van der Waals surface area contributed by atoms with Crippen LogP contribution in [0.15, 0.2) is 66.9 Å². The number of benzene rings is 2. The maximum Gasteiger partial charge on any atom is 0.220 e. The molecular weight excluding hydrogens is 426 g/mol. The zero-order valence-electron chi connectivity index (χ0n) is 20.0. The quantitative estimate of drug-likeness (QED) is 0.329. The van der Waals surface area contributed by atoms with Crippen molar-refractivity contribution in [1.82, 2.24) is 15.6 Å². The lowest BCUT2D eigenvalue weighted by Crippen LogP contribution is -2.31. The second-order valence-corrected chi connectivity index (χ2v) is 8.88. The Balaban J connectivity index is 1.43. The number of aryl methyl sites for hydroxylation is 1. The largest absolute Gasteiger partial charge is 0.508 e. The number of nitrogens with one attached hydrogen (secondary N) is 2. The molecule has 2 atom stereocenters. The van der Waals surface area contributed by atoms with Gasteiger partial charge in [-0.3, -0.25) is 9.78 Å². The average Bonchev–Trinajstić information content (AvgIpc) is 2.86. The lowest BCUT2D eigenvalue weighted by atomic mass is 9.97. The molecule has 0 saturated heterocycles. The van der Waals surface area contributed by atoms with Crippen molar-refractivity contribution in [3.05, 3.63) is 94.8 Å². The molecule has 180 valence electrons. The van der Waals surface area contributed by atoms with E-state index in [9.17, 15) is 15.0 Å². The van der Waals surface area contributed by atoms with Gasteiger partial charge in [-0.1, -0.05) is 43.3 Å². The molecule has 0 bridgehead atoms. The Morgan fingerprint density at radius 2 is 1.85 bits per heavy atom. The van der Waals surface area contributed by atoms with Crippen molar-refractivity contribution in [2.75, 3.05) is 6.54 Å². The van der Waals surface area contributed by atoms with Crippen LogP contribution in [0.5, 0.6) is 5.75 Å². The Morgan fingerprint density at radius 3 is 2.62 bits per heavy atom. The highest BCUT2D eigenvalue weighted by atomic mass is 16.3. The molecule has 0 radical (unpaired) electrons. The summed E-state index contributed by atoms with van der Waals surface area (Å²) in [4.78, 5) is 16.4. The topological polar surface area (TPSA) is 94.5 Å². The number of carbonyl (C=O) groups excluding carboxylic acids is 1. The zero-order chi connectivity index (χ0) is 24.3. The number of amides is 1.